The molecule has 0 N–H and O–H groups in total. The predicted octanol–water partition coefficient (Wildman–Crippen LogP) is 4.24. The first-order valence-corrected chi connectivity index (χ1v) is 6.92. The Labute approximate surface area is 120 Å². The molecule has 0 aliphatic carbocycles. The molecule has 0 fully saturated rings. The van der Waals surface area contributed by atoms with Gasteiger partial charge in [-0.1, -0.05) is 53.2 Å². The first kappa shape index (κ1) is 13.8. The Kier molecular flexibility index (Phi) is 4.39. The van der Waals surface area contributed by atoms with Crippen LogP contribution in [0.1, 0.15) is 11.1 Å². The number of rotatable bonds is 4. The van der Waals surface area contributed by atoms with Crippen LogP contribution in [0.5, 0.6) is 0 Å². The molecule has 2 aromatic rings. The molecule has 0 aliphatic rings. The summed E-state index contributed by atoms with van der Waals surface area (Å²) in [4.78, 5) is 14.5. The van der Waals surface area contributed by atoms with E-state index in [0.29, 0.717) is 10.8 Å². The zero-order valence-electron chi connectivity index (χ0n) is 10.2. The van der Waals surface area contributed by atoms with E-state index < -0.39 is 4.92 Å². The minimum absolute atomic E-state index is 0.0120. The molecular formula is C13H11ClN2O2S. The molecule has 1 aromatic carbocycles. The molecule has 0 saturated heterocycles. The SMILES string of the molecule is Cc1cccc(CSc2nc(Cl)ccc2[N+](=O)[O-])c1. The average molecular weight is 295 g/mol. The highest BCUT2D eigenvalue weighted by atomic mass is 35.5. The lowest BCUT2D eigenvalue weighted by Gasteiger charge is -2.04. The maximum Gasteiger partial charge on any atom is 0.301 e. The van der Waals surface area contributed by atoms with Crippen LogP contribution in [0.4, 0.5) is 5.69 Å². The summed E-state index contributed by atoms with van der Waals surface area (Å²) in [6.45, 7) is 2.01. The number of pyridine rings is 1. The van der Waals surface area contributed by atoms with Gasteiger partial charge in [-0.25, -0.2) is 4.98 Å². The summed E-state index contributed by atoms with van der Waals surface area (Å²) in [5, 5.41) is 11.5. The molecular weight excluding hydrogens is 284 g/mol. The van der Waals surface area contributed by atoms with Crippen LogP contribution in [-0.4, -0.2) is 9.91 Å². The van der Waals surface area contributed by atoms with Gasteiger partial charge in [0.05, 0.1) is 4.92 Å². The number of aromatic nitrogens is 1. The lowest BCUT2D eigenvalue weighted by Crippen LogP contribution is -1.94. The molecule has 0 bridgehead atoms. The van der Waals surface area contributed by atoms with E-state index in [1.165, 1.54) is 23.9 Å². The van der Waals surface area contributed by atoms with Gasteiger partial charge in [0.2, 0.25) is 0 Å². The van der Waals surface area contributed by atoms with Crippen molar-refractivity contribution < 1.29 is 4.92 Å². The van der Waals surface area contributed by atoms with Crippen LogP contribution in [0, 0.1) is 17.0 Å². The van der Waals surface area contributed by atoms with E-state index >= 15 is 0 Å². The van der Waals surface area contributed by atoms with Gasteiger partial charge in [-0.05, 0) is 18.6 Å². The van der Waals surface area contributed by atoms with Crippen LogP contribution in [0.15, 0.2) is 41.4 Å². The van der Waals surface area contributed by atoms with Crippen molar-refractivity contribution in [3.05, 3.63) is 62.8 Å². The van der Waals surface area contributed by atoms with Crippen molar-refractivity contribution in [3.63, 3.8) is 0 Å². The minimum atomic E-state index is -0.443. The van der Waals surface area contributed by atoms with Crippen molar-refractivity contribution in [2.24, 2.45) is 0 Å². The van der Waals surface area contributed by atoms with Gasteiger partial charge in [-0.15, -0.1) is 0 Å². The van der Waals surface area contributed by atoms with E-state index in [-0.39, 0.29) is 10.8 Å². The van der Waals surface area contributed by atoms with Crippen LogP contribution in [0.2, 0.25) is 5.15 Å². The maximum atomic E-state index is 10.9. The number of hydrogen-bond acceptors (Lipinski definition) is 4. The Balaban J connectivity index is 2.19. The average Bonchev–Trinajstić information content (AvgIpc) is 2.36. The molecule has 0 atom stereocenters. The van der Waals surface area contributed by atoms with Gasteiger partial charge in [0, 0.05) is 11.8 Å². The molecule has 1 aromatic heterocycles. The van der Waals surface area contributed by atoms with Crippen LogP contribution in [0.25, 0.3) is 0 Å². The number of nitrogens with zero attached hydrogens (tertiary/aromatic N) is 2. The molecule has 2 rings (SSSR count). The van der Waals surface area contributed by atoms with Crippen molar-refractivity contribution in [1.82, 2.24) is 4.98 Å². The molecule has 0 radical (unpaired) electrons. The molecule has 98 valence electrons. The highest BCUT2D eigenvalue weighted by molar-refractivity contribution is 7.98. The molecule has 0 amide bonds. The Morgan fingerprint density at radius 3 is 2.84 bits per heavy atom. The highest BCUT2D eigenvalue weighted by Gasteiger charge is 2.16. The summed E-state index contributed by atoms with van der Waals surface area (Å²) >= 11 is 7.10. The van der Waals surface area contributed by atoms with E-state index in [4.69, 9.17) is 11.6 Å². The second-order valence-corrected chi connectivity index (χ2v) is 5.34. The summed E-state index contributed by atoms with van der Waals surface area (Å²) in [6.07, 6.45) is 0. The van der Waals surface area contributed by atoms with Crippen LogP contribution >= 0.6 is 23.4 Å². The number of thioether (sulfide) groups is 1. The van der Waals surface area contributed by atoms with E-state index in [2.05, 4.69) is 4.98 Å². The second-order valence-electron chi connectivity index (χ2n) is 3.99. The third kappa shape index (κ3) is 3.68. The first-order valence-electron chi connectivity index (χ1n) is 5.55. The van der Waals surface area contributed by atoms with Gasteiger partial charge in [-0.3, -0.25) is 10.1 Å². The molecule has 1 heterocycles. The molecule has 4 nitrogen and oxygen atoms in total. The molecule has 0 saturated carbocycles. The van der Waals surface area contributed by atoms with E-state index in [1.54, 1.807) is 0 Å². The molecule has 0 spiro atoms. The monoisotopic (exact) mass is 294 g/mol. The number of nitro groups is 1. The summed E-state index contributed by atoms with van der Waals surface area (Å²) in [6, 6.07) is 10.8. The van der Waals surface area contributed by atoms with Gasteiger partial charge < -0.3 is 0 Å². The number of hydrogen-bond donors (Lipinski definition) is 0. The summed E-state index contributed by atoms with van der Waals surface area (Å²) in [5.41, 5.74) is 2.25. The summed E-state index contributed by atoms with van der Waals surface area (Å²) in [7, 11) is 0. The van der Waals surface area contributed by atoms with Crippen LogP contribution < -0.4 is 0 Å². The topological polar surface area (TPSA) is 56.0 Å². The van der Waals surface area contributed by atoms with Gasteiger partial charge >= 0.3 is 5.69 Å². The third-order valence-electron chi connectivity index (χ3n) is 2.46. The Morgan fingerprint density at radius 2 is 2.16 bits per heavy atom. The van der Waals surface area contributed by atoms with E-state index in [1.807, 2.05) is 31.2 Å². The lowest BCUT2D eigenvalue weighted by atomic mass is 10.2. The fraction of sp³-hybridized carbons (Fsp3) is 0.154. The predicted molar refractivity (Wildman–Crippen MR) is 76.6 cm³/mol. The van der Waals surface area contributed by atoms with Crippen LogP contribution in [-0.2, 0) is 5.75 Å². The fourth-order valence-corrected chi connectivity index (χ4v) is 2.74. The van der Waals surface area contributed by atoms with Crippen molar-refractivity contribution in [3.8, 4) is 0 Å². The smallest absolute Gasteiger partial charge is 0.258 e. The fourth-order valence-electron chi connectivity index (χ4n) is 1.61. The zero-order chi connectivity index (χ0) is 13.8. The van der Waals surface area contributed by atoms with Crippen molar-refractivity contribution in [1.29, 1.82) is 0 Å². The Hall–Kier alpha value is -1.59. The van der Waals surface area contributed by atoms with E-state index in [0.717, 1.165) is 11.1 Å². The Morgan fingerprint density at radius 1 is 1.37 bits per heavy atom. The molecule has 0 unspecified atom stereocenters. The summed E-state index contributed by atoms with van der Waals surface area (Å²) in [5.74, 6) is 0.621. The first-order chi connectivity index (χ1) is 9.06. The zero-order valence-corrected chi connectivity index (χ0v) is 11.7. The van der Waals surface area contributed by atoms with E-state index in [9.17, 15) is 10.1 Å². The van der Waals surface area contributed by atoms with Crippen molar-refractivity contribution in [2.45, 2.75) is 17.7 Å². The minimum Gasteiger partial charge on any atom is -0.258 e. The second kappa shape index (κ2) is 6.04. The summed E-state index contributed by atoms with van der Waals surface area (Å²) < 4.78 is 0. The number of halogens is 1. The standard InChI is InChI=1S/C13H11ClN2O2S/c1-9-3-2-4-10(7-9)8-19-13-11(16(17)18)5-6-12(14)15-13/h2-7H,8H2,1H3. The van der Waals surface area contributed by atoms with Crippen molar-refractivity contribution in [2.75, 3.05) is 0 Å². The van der Waals surface area contributed by atoms with Gasteiger partial charge in [0.25, 0.3) is 0 Å². The third-order valence-corrected chi connectivity index (χ3v) is 3.72. The highest BCUT2D eigenvalue weighted by Crippen LogP contribution is 2.30. The molecule has 6 heteroatoms. The van der Waals surface area contributed by atoms with Gasteiger partial charge in [0.15, 0.2) is 5.03 Å². The Bertz CT molecular complexity index is 619. The number of aryl methyl sites for hydroxylation is 1. The van der Waals surface area contributed by atoms with Crippen molar-refractivity contribution >= 4 is 29.1 Å². The quantitative estimate of drug-likeness (QED) is 0.366. The van der Waals surface area contributed by atoms with Crippen LogP contribution in [0.3, 0.4) is 0 Å². The maximum absolute atomic E-state index is 10.9. The lowest BCUT2D eigenvalue weighted by molar-refractivity contribution is -0.388. The molecule has 19 heavy (non-hydrogen) atoms. The molecule has 0 aliphatic heterocycles. The largest absolute Gasteiger partial charge is 0.301 e. The van der Waals surface area contributed by atoms with Gasteiger partial charge in [0.1, 0.15) is 5.15 Å². The number of benzene rings is 1. The normalized spacial score (nSPS) is 10.4. The van der Waals surface area contributed by atoms with Gasteiger partial charge in [-0.2, -0.15) is 0 Å².